The molecule has 0 unspecified atom stereocenters. The van der Waals surface area contributed by atoms with E-state index in [-0.39, 0.29) is 62.0 Å². The van der Waals surface area contributed by atoms with Gasteiger partial charge in [-0.05, 0) is 68.5 Å². The highest BCUT2D eigenvalue weighted by atomic mass is 32.1. The molecule has 2 aromatic heterocycles. The lowest BCUT2D eigenvalue weighted by atomic mass is 9.99. The van der Waals surface area contributed by atoms with Crippen LogP contribution >= 0.6 is 25.3 Å². The maximum Gasteiger partial charge on any atom is 0.326 e. The number of benzene rings is 1. The zero-order chi connectivity index (χ0) is 61.9. The summed E-state index contributed by atoms with van der Waals surface area (Å²) in [5.41, 5.74) is 12.9. The van der Waals surface area contributed by atoms with Crippen LogP contribution in [0.15, 0.2) is 43.0 Å². The van der Waals surface area contributed by atoms with Gasteiger partial charge in [-0.25, -0.2) is 9.78 Å². The van der Waals surface area contributed by atoms with E-state index in [1.54, 1.807) is 58.2 Å². The average molecular weight is 1200 g/mol. The van der Waals surface area contributed by atoms with Gasteiger partial charge in [0.25, 0.3) is 0 Å². The summed E-state index contributed by atoms with van der Waals surface area (Å²) in [5, 5.41) is 52.1. The van der Waals surface area contributed by atoms with Crippen LogP contribution in [0.5, 0.6) is 0 Å². The van der Waals surface area contributed by atoms with Crippen LogP contribution in [-0.2, 0) is 70.4 Å². The summed E-state index contributed by atoms with van der Waals surface area (Å²) in [6, 6.07) is -5.88. The van der Waals surface area contributed by atoms with Crippen molar-refractivity contribution in [2.75, 3.05) is 24.6 Å². The van der Waals surface area contributed by atoms with Crippen LogP contribution in [0.3, 0.4) is 0 Å². The Labute approximate surface area is 489 Å². The molecule has 3 rings (SSSR count). The first-order valence-electron chi connectivity index (χ1n) is 26.8. The molecule has 29 nitrogen and oxygen atoms in total. The highest BCUT2D eigenvalue weighted by molar-refractivity contribution is 7.80. The molecule has 31 heteroatoms. The van der Waals surface area contributed by atoms with Crippen molar-refractivity contribution in [3.05, 3.63) is 54.2 Å². The second-order valence-corrected chi connectivity index (χ2v) is 21.2. The van der Waals surface area contributed by atoms with Gasteiger partial charge in [-0.1, -0.05) is 45.9 Å². The van der Waals surface area contributed by atoms with Crippen molar-refractivity contribution in [1.29, 1.82) is 0 Å². The molecule has 9 atom stereocenters. The number of fused-ring (bicyclic) bond motifs is 1. The van der Waals surface area contributed by atoms with Crippen molar-refractivity contribution in [2.45, 2.75) is 146 Å². The fourth-order valence-electron chi connectivity index (χ4n) is 8.36. The molecule has 18 N–H and O–H groups in total. The topological polar surface area (TPSA) is 470 Å². The summed E-state index contributed by atoms with van der Waals surface area (Å²) >= 11 is 8.10. The van der Waals surface area contributed by atoms with Gasteiger partial charge in [0, 0.05) is 59.8 Å². The first-order chi connectivity index (χ1) is 39.3. The minimum absolute atomic E-state index is 0.0205. The van der Waals surface area contributed by atoms with Gasteiger partial charge >= 0.3 is 17.9 Å². The van der Waals surface area contributed by atoms with Crippen molar-refractivity contribution in [2.24, 2.45) is 23.3 Å². The largest absolute Gasteiger partial charge is 0.481 e. The Balaban J connectivity index is 1.84. The number of H-pyrrole nitrogens is 2. The second-order valence-electron chi connectivity index (χ2n) is 20.5. The summed E-state index contributed by atoms with van der Waals surface area (Å²) in [7, 11) is 0. The summed E-state index contributed by atoms with van der Waals surface area (Å²) < 4.78 is 0. The van der Waals surface area contributed by atoms with Crippen LogP contribution < -0.4 is 59.3 Å². The third-order valence-corrected chi connectivity index (χ3v) is 13.4. The summed E-state index contributed by atoms with van der Waals surface area (Å²) in [5.74, 6) is -13.6. The number of carboxylic acids is 3. The lowest BCUT2D eigenvalue weighted by Crippen LogP contribution is -2.60. The monoisotopic (exact) mass is 1200 g/mol. The fraction of sp³-hybridized carbons (Fsp3) is 0.558. The molecule has 0 saturated heterocycles. The number of rotatable bonds is 38. The van der Waals surface area contributed by atoms with E-state index in [4.69, 9.17) is 11.5 Å². The number of para-hydroxylation sites is 1. The minimum atomic E-state index is -1.85. The molecular formula is C52H78N14O15S2. The lowest BCUT2D eigenvalue weighted by Gasteiger charge is -2.28. The predicted octanol–water partition coefficient (Wildman–Crippen LogP) is -2.50. The predicted molar refractivity (Wildman–Crippen MR) is 307 cm³/mol. The molecule has 1 aromatic carbocycles. The maximum atomic E-state index is 14.3. The molecule has 3 aromatic rings. The molecular weight excluding hydrogens is 1120 g/mol. The number of imidazole rings is 1. The molecule has 9 amide bonds. The van der Waals surface area contributed by atoms with E-state index < -0.39 is 151 Å². The minimum Gasteiger partial charge on any atom is -0.481 e. The number of aromatic amines is 2. The third-order valence-electron chi connectivity index (χ3n) is 12.7. The standard InChI is InChI=1S/C52H78N14O15S2/c1-26(2)15-35(47(75)60-33(12-13-42(68)69)46(74)64-37(17-28-20-56-32-10-6-5-9-30(28)32)49(77)61-34(52(80)81)11-7-8-14-53)62-48(76)36(16-27(3)4)63-50(78)39(19-43(70)71)59-41(67)22-57-45(73)38(18-29-21-55-25-58-29)65-51(79)40(24-83)66-44(72)31(54)23-82/h5-6,9-10,20-21,25-27,31,33-40,56,82-83H,7-8,11-19,22-24,53-54H2,1-4H3,(H,55,58)(H,57,73)(H,59,67)(H,60,75)(H,61,77)(H,62,76)(H,63,78)(H,64,74)(H,65,79)(H,66,72)(H,68,69)(H,70,71)(H,80,81)/t31-,33-,34-,35-,36-,37-,38-,39-,40-/m0/s1. The van der Waals surface area contributed by atoms with Gasteiger partial charge in [0.2, 0.25) is 53.2 Å². The Hall–Kier alpha value is -7.77. The van der Waals surface area contributed by atoms with E-state index in [2.05, 4.69) is 88.1 Å². The number of aliphatic carboxylic acids is 3. The normalized spacial score (nSPS) is 14.5. The number of nitrogens with two attached hydrogens (primary N) is 2. The number of carbonyl (C=O) groups excluding carboxylic acids is 9. The molecule has 0 saturated carbocycles. The highest BCUT2D eigenvalue weighted by Gasteiger charge is 2.36. The van der Waals surface area contributed by atoms with Gasteiger partial charge in [0.1, 0.15) is 48.3 Å². The third kappa shape index (κ3) is 24.3. The van der Waals surface area contributed by atoms with Gasteiger partial charge in [0.05, 0.1) is 25.3 Å². The van der Waals surface area contributed by atoms with Crippen LogP contribution in [0.2, 0.25) is 0 Å². The number of carbonyl (C=O) groups is 12. The summed E-state index contributed by atoms with van der Waals surface area (Å²) in [4.78, 5) is 169. The van der Waals surface area contributed by atoms with Crippen LogP contribution in [0.25, 0.3) is 10.9 Å². The first kappa shape index (κ1) is 69.5. The van der Waals surface area contributed by atoms with E-state index in [1.165, 1.54) is 12.5 Å². The fourth-order valence-corrected chi connectivity index (χ4v) is 8.78. The molecule has 0 radical (unpaired) electrons. The number of thiol groups is 2. The molecule has 0 bridgehead atoms. The van der Waals surface area contributed by atoms with E-state index in [0.29, 0.717) is 35.0 Å². The van der Waals surface area contributed by atoms with E-state index in [0.717, 1.165) is 0 Å². The molecule has 2 heterocycles. The van der Waals surface area contributed by atoms with Gasteiger partial charge in [0.15, 0.2) is 0 Å². The van der Waals surface area contributed by atoms with Crippen LogP contribution in [0.4, 0.5) is 0 Å². The molecule has 0 aliphatic carbocycles. The average Bonchev–Trinajstić information content (AvgIpc) is 4.20. The number of amides is 9. The van der Waals surface area contributed by atoms with Crippen LogP contribution in [0.1, 0.15) is 90.3 Å². The molecule has 83 heavy (non-hydrogen) atoms. The van der Waals surface area contributed by atoms with Crippen molar-refractivity contribution >= 4 is 107 Å². The summed E-state index contributed by atoms with van der Waals surface area (Å²) in [6.07, 6.45) is 2.45. The Kier molecular flexibility index (Phi) is 29.5. The number of nitrogens with one attached hydrogen (secondary N) is 11. The SMILES string of the molecule is CC(C)C[C@H](NC(=O)[C@H](CC(=O)O)NC(=O)CNC(=O)[C@H](Cc1cnc[nH]1)NC(=O)[C@H](CS)NC(=O)[C@@H](N)CS)C(=O)N[C@@H](CC(C)C)C(=O)N[C@@H](CCC(=O)O)C(=O)N[C@@H](Cc1c[nH]c2ccccc12)C(=O)N[C@@H](CCCCN)C(=O)O. The van der Waals surface area contributed by atoms with Crippen LogP contribution in [0, 0.1) is 11.8 Å². The van der Waals surface area contributed by atoms with Crippen LogP contribution in [-0.4, -0.2) is 180 Å². The van der Waals surface area contributed by atoms with Gasteiger partial charge < -0.3 is 84.6 Å². The molecule has 0 spiro atoms. The number of aromatic nitrogens is 3. The van der Waals surface area contributed by atoms with Gasteiger partial charge in [-0.2, -0.15) is 25.3 Å². The quantitative estimate of drug-likeness (QED) is 0.0208. The van der Waals surface area contributed by atoms with Gasteiger partial charge in [-0.3, -0.25) is 52.7 Å². The Bertz CT molecular complexity index is 2710. The number of nitrogens with zero attached hydrogens (tertiary/aromatic N) is 1. The Morgan fingerprint density at radius 3 is 1.65 bits per heavy atom. The zero-order valence-electron chi connectivity index (χ0n) is 46.5. The number of hydrogen-bond donors (Lipinski definition) is 18. The number of hydrogen-bond acceptors (Lipinski definition) is 17. The van der Waals surface area contributed by atoms with Crippen molar-refractivity contribution in [3.63, 3.8) is 0 Å². The second kappa shape index (κ2) is 35.3. The molecule has 0 fully saturated rings. The van der Waals surface area contributed by atoms with Crippen molar-refractivity contribution in [3.8, 4) is 0 Å². The van der Waals surface area contributed by atoms with Crippen molar-refractivity contribution in [1.82, 2.24) is 62.8 Å². The molecule has 458 valence electrons. The van der Waals surface area contributed by atoms with E-state index in [1.807, 2.05) is 0 Å². The maximum absolute atomic E-state index is 14.3. The van der Waals surface area contributed by atoms with E-state index >= 15 is 0 Å². The lowest BCUT2D eigenvalue weighted by molar-refractivity contribution is -0.142. The number of carboxylic acid groups (broad SMARTS) is 3. The first-order valence-corrected chi connectivity index (χ1v) is 28.1. The molecule has 0 aliphatic rings. The van der Waals surface area contributed by atoms with Gasteiger partial charge in [-0.15, -0.1) is 0 Å². The Morgan fingerprint density at radius 1 is 0.578 bits per heavy atom. The highest BCUT2D eigenvalue weighted by Crippen LogP contribution is 2.20. The smallest absolute Gasteiger partial charge is 0.326 e. The number of unbranched alkanes of at least 4 members (excludes halogenated alkanes) is 1. The Morgan fingerprint density at radius 2 is 1.11 bits per heavy atom. The summed E-state index contributed by atoms with van der Waals surface area (Å²) in [6.45, 7) is 6.24. The van der Waals surface area contributed by atoms with Crippen molar-refractivity contribution < 1.29 is 72.9 Å². The molecule has 0 aliphatic heterocycles. The van der Waals surface area contributed by atoms with E-state index in [9.17, 15) is 72.9 Å². The zero-order valence-corrected chi connectivity index (χ0v) is 48.3.